The van der Waals surface area contributed by atoms with Crippen molar-refractivity contribution in [3.8, 4) is 5.75 Å². The van der Waals surface area contributed by atoms with Gasteiger partial charge in [0.2, 0.25) is 0 Å². The van der Waals surface area contributed by atoms with Gasteiger partial charge in [0.05, 0.1) is 6.61 Å². The van der Waals surface area contributed by atoms with Crippen molar-refractivity contribution in [1.82, 2.24) is 0 Å². The predicted molar refractivity (Wildman–Crippen MR) is 58.4 cm³/mol. The van der Waals surface area contributed by atoms with Crippen molar-refractivity contribution < 1.29 is 14.3 Å². The van der Waals surface area contributed by atoms with Gasteiger partial charge in [-0.1, -0.05) is 12.1 Å². The Kier molecular flexibility index (Phi) is 5.48. The standard InChI is InChI=1S/C12H16O3/c1-2-14-7-4-8-15-12-6-3-5-11(9-12)10-13/h3,5-6,9-10H,2,4,7-8H2,1H3. The van der Waals surface area contributed by atoms with Gasteiger partial charge in [-0.15, -0.1) is 0 Å². The molecule has 0 bridgehead atoms. The van der Waals surface area contributed by atoms with Crippen LogP contribution in [0.1, 0.15) is 23.7 Å². The Morgan fingerprint density at radius 3 is 2.93 bits per heavy atom. The number of ether oxygens (including phenoxy) is 2. The second kappa shape index (κ2) is 7.01. The number of aldehydes is 1. The molecule has 0 saturated carbocycles. The van der Waals surface area contributed by atoms with Crippen LogP contribution in [0.25, 0.3) is 0 Å². The number of hydrogen-bond acceptors (Lipinski definition) is 3. The van der Waals surface area contributed by atoms with Gasteiger partial charge in [-0.3, -0.25) is 4.79 Å². The molecule has 0 heterocycles. The molecule has 1 aromatic carbocycles. The third kappa shape index (κ3) is 4.61. The summed E-state index contributed by atoms with van der Waals surface area (Å²) in [5, 5.41) is 0. The third-order valence-corrected chi connectivity index (χ3v) is 1.90. The van der Waals surface area contributed by atoms with E-state index in [0.29, 0.717) is 18.8 Å². The van der Waals surface area contributed by atoms with E-state index in [1.807, 2.05) is 19.1 Å². The van der Waals surface area contributed by atoms with Gasteiger partial charge >= 0.3 is 0 Å². The van der Waals surface area contributed by atoms with Crippen molar-refractivity contribution in [3.05, 3.63) is 29.8 Å². The summed E-state index contributed by atoms with van der Waals surface area (Å²) in [5.74, 6) is 0.732. The average Bonchev–Trinajstić information content (AvgIpc) is 2.29. The molecule has 82 valence electrons. The molecule has 0 N–H and O–H groups in total. The monoisotopic (exact) mass is 208 g/mol. The molecule has 0 aliphatic carbocycles. The van der Waals surface area contributed by atoms with Crippen molar-refractivity contribution in [2.75, 3.05) is 19.8 Å². The molecule has 0 aromatic heterocycles. The quantitative estimate of drug-likeness (QED) is 0.509. The Balaban J connectivity index is 2.27. The molecule has 0 aliphatic heterocycles. The van der Waals surface area contributed by atoms with Crippen LogP contribution in [0.2, 0.25) is 0 Å². The van der Waals surface area contributed by atoms with Gasteiger partial charge in [0.25, 0.3) is 0 Å². The summed E-state index contributed by atoms with van der Waals surface area (Å²) in [6.07, 6.45) is 1.67. The minimum absolute atomic E-state index is 0.613. The summed E-state index contributed by atoms with van der Waals surface area (Å²) in [4.78, 5) is 10.5. The first-order chi connectivity index (χ1) is 7.36. The SMILES string of the molecule is CCOCCCOc1cccc(C=O)c1. The maximum absolute atomic E-state index is 10.5. The van der Waals surface area contributed by atoms with Crippen molar-refractivity contribution in [3.63, 3.8) is 0 Å². The zero-order chi connectivity index (χ0) is 10.9. The maximum Gasteiger partial charge on any atom is 0.150 e. The zero-order valence-corrected chi connectivity index (χ0v) is 8.94. The molecule has 15 heavy (non-hydrogen) atoms. The Morgan fingerprint density at radius 1 is 1.33 bits per heavy atom. The largest absolute Gasteiger partial charge is 0.493 e. The van der Waals surface area contributed by atoms with E-state index in [2.05, 4.69) is 0 Å². The second-order valence-electron chi connectivity index (χ2n) is 3.09. The van der Waals surface area contributed by atoms with Crippen LogP contribution < -0.4 is 4.74 Å². The van der Waals surface area contributed by atoms with Gasteiger partial charge in [-0.05, 0) is 19.1 Å². The molecule has 3 nitrogen and oxygen atoms in total. The van der Waals surface area contributed by atoms with Gasteiger partial charge in [0.15, 0.2) is 0 Å². The molecule has 1 rings (SSSR count). The van der Waals surface area contributed by atoms with Gasteiger partial charge < -0.3 is 9.47 Å². The molecule has 0 fully saturated rings. The van der Waals surface area contributed by atoms with E-state index in [-0.39, 0.29) is 0 Å². The van der Waals surface area contributed by atoms with Crippen LogP contribution in [-0.2, 0) is 4.74 Å². The highest BCUT2D eigenvalue weighted by atomic mass is 16.5. The van der Waals surface area contributed by atoms with E-state index in [1.54, 1.807) is 12.1 Å². The van der Waals surface area contributed by atoms with Crippen LogP contribution >= 0.6 is 0 Å². The van der Waals surface area contributed by atoms with E-state index >= 15 is 0 Å². The van der Waals surface area contributed by atoms with Gasteiger partial charge in [0.1, 0.15) is 12.0 Å². The van der Waals surface area contributed by atoms with E-state index in [9.17, 15) is 4.79 Å². The van der Waals surface area contributed by atoms with Gasteiger partial charge in [-0.25, -0.2) is 0 Å². The fourth-order valence-corrected chi connectivity index (χ4v) is 1.17. The summed E-state index contributed by atoms with van der Waals surface area (Å²) in [6, 6.07) is 7.13. The lowest BCUT2D eigenvalue weighted by atomic mass is 10.2. The van der Waals surface area contributed by atoms with Crippen LogP contribution in [0.15, 0.2) is 24.3 Å². The van der Waals surface area contributed by atoms with Crippen LogP contribution in [0.5, 0.6) is 5.75 Å². The highest BCUT2D eigenvalue weighted by molar-refractivity contribution is 5.75. The summed E-state index contributed by atoms with van der Waals surface area (Å²) < 4.78 is 10.6. The molecule has 0 aliphatic rings. The molecule has 0 saturated heterocycles. The molecule has 0 radical (unpaired) electrons. The summed E-state index contributed by atoms with van der Waals surface area (Å²) in [6.45, 7) is 4.03. The smallest absolute Gasteiger partial charge is 0.150 e. The van der Waals surface area contributed by atoms with Crippen LogP contribution in [0, 0.1) is 0 Å². The maximum atomic E-state index is 10.5. The third-order valence-electron chi connectivity index (χ3n) is 1.90. The van der Waals surface area contributed by atoms with E-state index in [4.69, 9.17) is 9.47 Å². The molecule has 3 heteroatoms. The average molecular weight is 208 g/mol. The first kappa shape index (κ1) is 11.7. The molecule has 0 amide bonds. The first-order valence-electron chi connectivity index (χ1n) is 5.12. The Morgan fingerprint density at radius 2 is 2.20 bits per heavy atom. The second-order valence-corrected chi connectivity index (χ2v) is 3.09. The van der Waals surface area contributed by atoms with Crippen molar-refractivity contribution >= 4 is 6.29 Å². The number of benzene rings is 1. The molecular formula is C12H16O3. The lowest BCUT2D eigenvalue weighted by Gasteiger charge is -2.06. The molecule has 1 aromatic rings. The Labute approximate surface area is 90.0 Å². The first-order valence-corrected chi connectivity index (χ1v) is 5.12. The zero-order valence-electron chi connectivity index (χ0n) is 8.94. The van der Waals surface area contributed by atoms with E-state index in [1.165, 1.54) is 0 Å². The number of rotatable bonds is 7. The van der Waals surface area contributed by atoms with Crippen LogP contribution in [0.3, 0.4) is 0 Å². The van der Waals surface area contributed by atoms with Gasteiger partial charge in [0, 0.05) is 25.2 Å². The number of hydrogen-bond donors (Lipinski definition) is 0. The number of carbonyl (C=O) groups excluding carboxylic acids is 1. The lowest BCUT2D eigenvalue weighted by molar-refractivity contribution is 0.112. The van der Waals surface area contributed by atoms with Crippen molar-refractivity contribution in [1.29, 1.82) is 0 Å². The highest BCUT2D eigenvalue weighted by Gasteiger charge is 1.95. The van der Waals surface area contributed by atoms with Crippen LogP contribution in [-0.4, -0.2) is 26.1 Å². The van der Waals surface area contributed by atoms with E-state index < -0.39 is 0 Å². The van der Waals surface area contributed by atoms with Gasteiger partial charge in [-0.2, -0.15) is 0 Å². The Bertz CT molecular complexity index is 297. The lowest BCUT2D eigenvalue weighted by Crippen LogP contribution is -2.02. The fourth-order valence-electron chi connectivity index (χ4n) is 1.17. The van der Waals surface area contributed by atoms with Crippen LogP contribution in [0.4, 0.5) is 0 Å². The fraction of sp³-hybridized carbons (Fsp3) is 0.417. The Hall–Kier alpha value is -1.35. The highest BCUT2D eigenvalue weighted by Crippen LogP contribution is 2.11. The number of carbonyl (C=O) groups is 1. The van der Waals surface area contributed by atoms with E-state index in [0.717, 1.165) is 25.1 Å². The van der Waals surface area contributed by atoms with Crippen molar-refractivity contribution in [2.45, 2.75) is 13.3 Å². The summed E-state index contributed by atoms with van der Waals surface area (Å²) >= 11 is 0. The normalized spacial score (nSPS) is 9.93. The minimum Gasteiger partial charge on any atom is -0.493 e. The predicted octanol–water partition coefficient (Wildman–Crippen LogP) is 2.30. The summed E-state index contributed by atoms with van der Waals surface area (Å²) in [7, 11) is 0. The molecule has 0 unspecified atom stereocenters. The molecule has 0 atom stereocenters. The molecular weight excluding hydrogens is 192 g/mol. The van der Waals surface area contributed by atoms with Crippen molar-refractivity contribution in [2.24, 2.45) is 0 Å². The topological polar surface area (TPSA) is 35.5 Å². The molecule has 0 spiro atoms. The minimum atomic E-state index is 0.613. The summed E-state index contributed by atoms with van der Waals surface area (Å²) in [5.41, 5.74) is 0.636.